The molecule has 0 amide bonds. The zero-order valence-electron chi connectivity index (χ0n) is 7.34. The molecule has 6 heteroatoms. The second-order valence-electron chi connectivity index (χ2n) is 2.59. The molecule has 0 saturated carbocycles. The number of fused-ring (bicyclic) bond motifs is 1. The summed E-state index contributed by atoms with van der Waals surface area (Å²) in [5.74, 6) is -0.215. The number of hydrogen-bond donors (Lipinski definition) is 2. The third-order valence-corrected chi connectivity index (χ3v) is 1.85. The zero-order valence-corrected chi connectivity index (χ0v) is 13.1. The van der Waals surface area contributed by atoms with Crippen molar-refractivity contribution in [2.75, 3.05) is 0 Å². The quantitative estimate of drug-likeness (QED) is 0.542. The largest absolute Gasteiger partial charge is 1.00 e. The minimum absolute atomic E-state index is 0. The molecule has 0 spiro atoms. The molecular formula is C7H6N3ORbS. The van der Waals surface area contributed by atoms with Crippen LogP contribution in [0.4, 0.5) is 0 Å². The van der Waals surface area contributed by atoms with E-state index >= 15 is 0 Å². The van der Waals surface area contributed by atoms with Gasteiger partial charge >= 0.3 is 58.2 Å². The van der Waals surface area contributed by atoms with Crippen molar-refractivity contribution in [3.05, 3.63) is 16.4 Å². The van der Waals surface area contributed by atoms with Gasteiger partial charge in [0.1, 0.15) is 0 Å². The van der Waals surface area contributed by atoms with E-state index < -0.39 is 0 Å². The van der Waals surface area contributed by atoms with Crippen LogP contribution >= 0.6 is 12.2 Å². The summed E-state index contributed by atoms with van der Waals surface area (Å²) in [6.07, 6.45) is 0. The Bertz CT molecular complexity index is 448. The first-order valence-corrected chi connectivity index (χ1v) is 3.84. The first-order valence-electron chi connectivity index (χ1n) is 3.43. The fourth-order valence-corrected chi connectivity index (χ4v) is 1.25. The van der Waals surface area contributed by atoms with Crippen LogP contribution in [0.1, 0.15) is 5.56 Å². The van der Waals surface area contributed by atoms with E-state index in [0.29, 0.717) is 16.0 Å². The van der Waals surface area contributed by atoms with Crippen LogP contribution in [0.3, 0.4) is 0 Å². The van der Waals surface area contributed by atoms with Crippen molar-refractivity contribution in [3.8, 4) is 5.88 Å². The van der Waals surface area contributed by atoms with Gasteiger partial charge in [0.05, 0.1) is 5.52 Å². The van der Waals surface area contributed by atoms with E-state index in [4.69, 9.17) is 12.2 Å². The molecule has 2 N–H and O–H groups in total. The van der Waals surface area contributed by atoms with Crippen LogP contribution in [0.15, 0.2) is 6.07 Å². The standard InChI is InChI=1S/C7H7N3OS.Rb/c1-3-2-4-5(9-6(3)11)10-7(12)8-4;/h2H,1H3,(H3,8,9,10,11,12);/q;+1/p-1. The van der Waals surface area contributed by atoms with E-state index in [2.05, 4.69) is 15.0 Å². The molecule has 2 rings (SSSR count). The summed E-state index contributed by atoms with van der Waals surface area (Å²) in [6, 6.07) is 1.73. The van der Waals surface area contributed by atoms with Crippen LogP contribution in [0, 0.1) is 11.7 Å². The van der Waals surface area contributed by atoms with Gasteiger partial charge in [-0.25, -0.2) is 4.98 Å². The number of aryl methyl sites for hydroxylation is 1. The van der Waals surface area contributed by atoms with Gasteiger partial charge in [0.25, 0.3) is 0 Å². The maximum atomic E-state index is 11.1. The fourth-order valence-electron chi connectivity index (χ4n) is 1.05. The molecule has 0 aromatic carbocycles. The van der Waals surface area contributed by atoms with Gasteiger partial charge in [0.15, 0.2) is 10.4 Å². The molecule has 2 aromatic heterocycles. The van der Waals surface area contributed by atoms with Crippen molar-refractivity contribution in [2.24, 2.45) is 0 Å². The Kier molecular flexibility index (Phi) is 3.82. The number of nitrogens with zero attached hydrogens (tertiary/aromatic N) is 1. The van der Waals surface area contributed by atoms with Crippen molar-refractivity contribution in [1.82, 2.24) is 15.0 Å². The molecular weight excluding hydrogens is 260 g/mol. The first-order chi connectivity index (χ1) is 5.66. The summed E-state index contributed by atoms with van der Waals surface area (Å²) in [5, 5.41) is 11.1. The molecule has 0 aliphatic rings. The average molecular weight is 266 g/mol. The number of imidazole rings is 1. The molecule has 0 radical (unpaired) electrons. The second kappa shape index (κ2) is 4.31. The van der Waals surface area contributed by atoms with Crippen molar-refractivity contribution < 1.29 is 63.3 Å². The molecule has 2 aromatic rings. The van der Waals surface area contributed by atoms with E-state index in [-0.39, 0.29) is 64.1 Å². The van der Waals surface area contributed by atoms with Crippen LogP contribution in [-0.4, -0.2) is 15.0 Å². The van der Waals surface area contributed by atoms with E-state index in [1.54, 1.807) is 13.0 Å². The molecule has 0 unspecified atom stereocenters. The van der Waals surface area contributed by atoms with Gasteiger partial charge in [-0.05, 0) is 36.7 Å². The molecule has 0 fully saturated rings. The minimum Gasteiger partial charge on any atom is -0.858 e. The molecule has 13 heavy (non-hydrogen) atoms. The van der Waals surface area contributed by atoms with Crippen LogP contribution in [-0.2, 0) is 0 Å². The summed E-state index contributed by atoms with van der Waals surface area (Å²) in [4.78, 5) is 9.45. The molecule has 62 valence electrons. The SMILES string of the molecule is Cc1cc2[nH]c(=S)[nH]c2nc1[O-].[Rb+]. The topological polar surface area (TPSA) is 67.5 Å². The number of pyridine rings is 1. The van der Waals surface area contributed by atoms with Crippen molar-refractivity contribution in [3.63, 3.8) is 0 Å². The van der Waals surface area contributed by atoms with Crippen LogP contribution in [0.25, 0.3) is 11.2 Å². The number of nitrogens with one attached hydrogen (secondary N) is 2. The maximum Gasteiger partial charge on any atom is 1.00 e. The van der Waals surface area contributed by atoms with Crippen LogP contribution in [0.5, 0.6) is 5.88 Å². The van der Waals surface area contributed by atoms with E-state index in [9.17, 15) is 5.11 Å². The molecule has 0 aliphatic carbocycles. The van der Waals surface area contributed by atoms with E-state index in [1.165, 1.54) is 0 Å². The predicted octanol–water partition coefficient (Wildman–Crippen LogP) is -1.99. The van der Waals surface area contributed by atoms with Crippen molar-refractivity contribution in [1.29, 1.82) is 0 Å². The average Bonchev–Trinajstić information content (AvgIpc) is 2.30. The normalized spacial score (nSPS) is 9.92. The smallest absolute Gasteiger partial charge is 0.858 e. The van der Waals surface area contributed by atoms with Gasteiger partial charge in [-0.15, -0.1) is 0 Å². The number of hydrogen-bond acceptors (Lipinski definition) is 3. The van der Waals surface area contributed by atoms with Gasteiger partial charge in [-0.3, -0.25) is 0 Å². The molecule has 4 nitrogen and oxygen atoms in total. The number of rotatable bonds is 0. The summed E-state index contributed by atoms with van der Waals surface area (Å²) in [7, 11) is 0. The molecule has 0 aliphatic heterocycles. The monoisotopic (exact) mass is 265 g/mol. The Morgan fingerprint density at radius 3 is 2.85 bits per heavy atom. The Hall–Kier alpha value is 0.445. The van der Waals surface area contributed by atoms with Gasteiger partial charge in [0, 0.05) is 0 Å². The summed E-state index contributed by atoms with van der Waals surface area (Å²) in [5.41, 5.74) is 1.92. The molecule has 2 heterocycles. The van der Waals surface area contributed by atoms with Gasteiger partial charge < -0.3 is 15.1 Å². The van der Waals surface area contributed by atoms with Gasteiger partial charge in [0.2, 0.25) is 0 Å². The third-order valence-electron chi connectivity index (χ3n) is 1.65. The molecule has 0 bridgehead atoms. The van der Waals surface area contributed by atoms with Crippen molar-refractivity contribution in [2.45, 2.75) is 6.92 Å². The van der Waals surface area contributed by atoms with E-state index in [0.717, 1.165) is 5.52 Å². The molecule has 0 saturated heterocycles. The second-order valence-corrected chi connectivity index (χ2v) is 2.99. The predicted molar refractivity (Wildman–Crippen MR) is 45.5 cm³/mol. The third kappa shape index (κ3) is 2.27. The van der Waals surface area contributed by atoms with Gasteiger partial charge in [-0.2, -0.15) is 0 Å². The van der Waals surface area contributed by atoms with Crippen LogP contribution < -0.4 is 63.3 Å². The summed E-state index contributed by atoms with van der Waals surface area (Å²) < 4.78 is 0.488. The van der Waals surface area contributed by atoms with E-state index in [1.807, 2.05) is 0 Å². The summed E-state index contributed by atoms with van der Waals surface area (Å²) in [6.45, 7) is 1.72. The number of aromatic nitrogens is 3. The Morgan fingerprint density at radius 2 is 2.15 bits per heavy atom. The number of aromatic amines is 2. The maximum absolute atomic E-state index is 11.1. The van der Waals surface area contributed by atoms with Crippen LogP contribution in [0.2, 0.25) is 0 Å². The first kappa shape index (κ1) is 11.5. The molecule has 0 atom stereocenters. The van der Waals surface area contributed by atoms with Crippen molar-refractivity contribution >= 4 is 23.4 Å². The minimum atomic E-state index is -0.215. The number of H-pyrrole nitrogens is 2. The Balaban J connectivity index is 0.000000845. The Labute approximate surface area is 129 Å². The fraction of sp³-hybridized carbons (Fsp3) is 0.143. The summed E-state index contributed by atoms with van der Waals surface area (Å²) >= 11 is 4.85. The van der Waals surface area contributed by atoms with Gasteiger partial charge in [-0.1, -0.05) is 0 Å². The Morgan fingerprint density at radius 1 is 1.46 bits per heavy atom. The zero-order chi connectivity index (χ0) is 8.72.